The third-order valence-electron chi connectivity index (χ3n) is 3.68. The summed E-state index contributed by atoms with van der Waals surface area (Å²) in [6.07, 6.45) is 3.38. The highest BCUT2D eigenvalue weighted by molar-refractivity contribution is 8.00. The van der Waals surface area contributed by atoms with Crippen molar-refractivity contribution in [1.29, 1.82) is 0 Å². The fourth-order valence-electron chi connectivity index (χ4n) is 2.43. The number of carbonyl (C=O) groups excluding carboxylic acids is 1. The maximum atomic E-state index is 11.3. The van der Waals surface area contributed by atoms with Gasteiger partial charge in [-0.15, -0.1) is 0 Å². The maximum absolute atomic E-state index is 11.3. The Bertz CT molecular complexity index is 934. The second-order valence-electron chi connectivity index (χ2n) is 5.59. The summed E-state index contributed by atoms with van der Waals surface area (Å²) in [5, 5.41) is 3.10. The molecule has 2 heterocycles. The SMILES string of the molecule is CC(=O)Nc1cc(-c2cnc(Cl)c(NSc3ccccc3)c2C)ccn1. The predicted octanol–water partition coefficient (Wildman–Crippen LogP) is 5.18. The summed E-state index contributed by atoms with van der Waals surface area (Å²) in [4.78, 5) is 20.8. The van der Waals surface area contributed by atoms with Crippen LogP contribution in [0, 0.1) is 6.92 Å². The molecule has 2 aromatic heterocycles. The molecule has 2 N–H and O–H groups in total. The summed E-state index contributed by atoms with van der Waals surface area (Å²) in [6.45, 7) is 3.43. The number of pyridine rings is 2. The van der Waals surface area contributed by atoms with Crippen LogP contribution in [0.5, 0.6) is 0 Å². The van der Waals surface area contributed by atoms with Gasteiger partial charge in [-0.05, 0) is 54.3 Å². The van der Waals surface area contributed by atoms with E-state index in [9.17, 15) is 4.79 Å². The van der Waals surface area contributed by atoms with Gasteiger partial charge in [0.15, 0.2) is 5.15 Å². The highest BCUT2D eigenvalue weighted by Crippen LogP contribution is 2.35. The quantitative estimate of drug-likeness (QED) is 0.468. The molecule has 3 rings (SSSR count). The molecule has 0 radical (unpaired) electrons. The van der Waals surface area contributed by atoms with Crippen molar-refractivity contribution in [2.75, 3.05) is 10.0 Å². The van der Waals surface area contributed by atoms with Gasteiger partial charge in [0.25, 0.3) is 0 Å². The van der Waals surface area contributed by atoms with Gasteiger partial charge in [0.05, 0.1) is 5.69 Å². The smallest absolute Gasteiger partial charge is 0.222 e. The van der Waals surface area contributed by atoms with Gasteiger partial charge in [0, 0.05) is 29.8 Å². The van der Waals surface area contributed by atoms with Crippen molar-refractivity contribution in [3.8, 4) is 11.1 Å². The Labute approximate surface area is 161 Å². The third-order valence-corrected chi connectivity index (χ3v) is 4.78. The van der Waals surface area contributed by atoms with Crippen LogP contribution in [-0.4, -0.2) is 15.9 Å². The Morgan fingerprint density at radius 2 is 1.92 bits per heavy atom. The Balaban J connectivity index is 1.91. The molecule has 26 heavy (non-hydrogen) atoms. The molecule has 7 heteroatoms. The first-order valence-electron chi connectivity index (χ1n) is 7.91. The van der Waals surface area contributed by atoms with Crippen molar-refractivity contribution >= 4 is 41.0 Å². The summed E-state index contributed by atoms with van der Waals surface area (Å²) in [6, 6.07) is 13.6. The van der Waals surface area contributed by atoms with E-state index in [2.05, 4.69) is 20.0 Å². The first kappa shape index (κ1) is 18.2. The summed E-state index contributed by atoms with van der Waals surface area (Å²) in [5.74, 6) is 0.333. The van der Waals surface area contributed by atoms with Crippen LogP contribution in [0.2, 0.25) is 5.15 Å². The van der Waals surface area contributed by atoms with Crippen LogP contribution in [0.3, 0.4) is 0 Å². The van der Waals surface area contributed by atoms with Crippen LogP contribution >= 0.6 is 23.5 Å². The molecule has 132 valence electrons. The van der Waals surface area contributed by atoms with Crippen LogP contribution < -0.4 is 10.0 Å². The highest BCUT2D eigenvalue weighted by atomic mass is 35.5. The Kier molecular flexibility index (Phi) is 5.75. The van der Waals surface area contributed by atoms with Crippen molar-refractivity contribution in [3.05, 3.63) is 65.6 Å². The number of anilines is 2. The zero-order valence-electron chi connectivity index (χ0n) is 14.3. The number of rotatable bonds is 5. The van der Waals surface area contributed by atoms with Gasteiger partial charge in [-0.2, -0.15) is 0 Å². The average molecular weight is 385 g/mol. The van der Waals surface area contributed by atoms with Crippen molar-refractivity contribution < 1.29 is 4.79 Å². The minimum Gasteiger partial charge on any atom is -0.323 e. The molecule has 5 nitrogen and oxygen atoms in total. The number of nitrogens with one attached hydrogen (secondary N) is 2. The molecule has 0 spiro atoms. The zero-order valence-corrected chi connectivity index (χ0v) is 15.9. The third kappa shape index (κ3) is 4.33. The molecule has 0 aliphatic rings. The van der Waals surface area contributed by atoms with Crippen LogP contribution in [0.4, 0.5) is 11.5 Å². The van der Waals surface area contributed by atoms with Crippen LogP contribution in [0.15, 0.2) is 59.8 Å². The van der Waals surface area contributed by atoms with E-state index in [0.29, 0.717) is 11.0 Å². The van der Waals surface area contributed by atoms with Crippen LogP contribution in [0.1, 0.15) is 12.5 Å². The Morgan fingerprint density at radius 3 is 2.65 bits per heavy atom. The number of amides is 1. The summed E-state index contributed by atoms with van der Waals surface area (Å²) in [5.41, 5.74) is 3.54. The van der Waals surface area contributed by atoms with Gasteiger partial charge in [-0.1, -0.05) is 29.8 Å². The van der Waals surface area contributed by atoms with Crippen molar-refractivity contribution in [2.45, 2.75) is 18.7 Å². The second-order valence-corrected chi connectivity index (χ2v) is 6.83. The van der Waals surface area contributed by atoms with E-state index in [1.807, 2.05) is 49.4 Å². The van der Waals surface area contributed by atoms with E-state index in [1.165, 1.54) is 18.9 Å². The van der Waals surface area contributed by atoms with E-state index >= 15 is 0 Å². The number of hydrogen-bond donors (Lipinski definition) is 2. The molecular formula is C19H17ClN4OS. The lowest BCUT2D eigenvalue weighted by molar-refractivity contribution is -0.114. The van der Waals surface area contributed by atoms with Gasteiger partial charge in [0.2, 0.25) is 5.91 Å². The molecule has 0 saturated heterocycles. The number of nitrogens with zero attached hydrogens (tertiary/aromatic N) is 2. The lowest BCUT2D eigenvalue weighted by Crippen LogP contribution is -2.07. The molecule has 0 aliphatic heterocycles. The lowest BCUT2D eigenvalue weighted by Gasteiger charge is -2.14. The van der Waals surface area contributed by atoms with Gasteiger partial charge >= 0.3 is 0 Å². The summed E-state index contributed by atoms with van der Waals surface area (Å²) < 4.78 is 3.29. The Morgan fingerprint density at radius 1 is 1.15 bits per heavy atom. The summed E-state index contributed by atoms with van der Waals surface area (Å²) in [7, 11) is 0. The number of aromatic nitrogens is 2. The minimum absolute atomic E-state index is 0.165. The lowest BCUT2D eigenvalue weighted by atomic mass is 10.0. The average Bonchev–Trinajstić information content (AvgIpc) is 2.62. The number of hydrogen-bond acceptors (Lipinski definition) is 5. The second kappa shape index (κ2) is 8.21. The zero-order chi connectivity index (χ0) is 18.5. The topological polar surface area (TPSA) is 66.9 Å². The first-order valence-corrected chi connectivity index (χ1v) is 9.11. The largest absolute Gasteiger partial charge is 0.323 e. The summed E-state index contributed by atoms with van der Waals surface area (Å²) >= 11 is 7.77. The van der Waals surface area contributed by atoms with Crippen molar-refractivity contribution in [3.63, 3.8) is 0 Å². The molecule has 1 amide bonds. The fraction of sp³-hybridized carbons (Fsp3) is 0.105. The number of carbonyl (C=O) groups is 1. The number of halogens is 1. The molecule has 0 aliphatic carbocycles. The molecule has 0 atom stereocenters. The van der Waals surface area contributed by atoms with E-state index in [1.54, 1.807) is 12.4 Å². The van der Waals surface area contributed by atoms with E-state index < -0.39 is 0 Å². The fourth-order valence-corrected chi connectivity index (χ4v) is 3.48. The minimum atomic E-state index is -0.165. The van der Waals surface area contributed by atoms with Crippen LogP contribution in [-0.2, 0) is 4.79 Å². The van der Waals surface area contributed by atoms with Crippen molar-refractivity contribution in [1.82, 2.24) is 9.97 Å². The van der Waals surface area contributed by atoms with Crippen molar-refractivity contribution in [2.24, 2.45) is 0 Å². The molecule has 0 bridgehead atoms. The molecule has 0 saturated carbocycles. The van der Waals surface area contributed by atoms with E-state index in [0.717, 1.165) is 27.3 Å². The molecule has 1 aromatic carbocycles. The Hall–Kier alpha value is -2.57. The normalized spacial score (nSPS) is 10.4. The molecule has 0 unspecified atom stereocenters. The molecular weight excluding hydrogens is 368 g/mol. The predicted molar refractivity (Wildman–Crippen MR) is 107 cm³/mol. The van der Waals surface area contributed by atoms with Gasteiger partial charge in [0.1, 0.15) is 5.82 Å². The standard InChI is InChI=1S/C19H17ClN4OS/c1-12-16(14-8-9-21-17(10-14)23-13(2)25)11-22-19(20)18(12)24-26-15-6-4-3-5-7-15/h3-11,24H,1-2H3,(H,21,23,25). The van der Waals surface area contributed by atoms with E-state index in [4.69, 9.17) is 11.6 Å². The first-order chi connectivity index (χ1) is 12.5. The van der Waals surface area contributed by atoms with Gasteiger partial charge < -0.3 is 10.0 Å². The van der Waals surface area contributed by atoms with Gasteiger partial charge in [-0.3, -0.25) is 4.79 Å². The maximum Gasteiger partial charge on any atom is 0.222 e. The number of benzene rings is 1. The van der Waals surface area contributed by atoms with E-state index in [-0.39, 0.29) is 5.91 Å². The monoisotopic (exact) mass is 384 g/mol. The molecule has 3 aromatic rings. The van der Waals surface area contributed by atoms with Crippen LogP contribution in [0.25, 0.3) is 11.1 Å². The van der Waals surface area contributed by atoms with Gasteiger partial charge in [-0.25, -0.2) is 9.97 Å². The molecule has 0 fully saturated rings. The highest BCUT2D eigenvalue weighted by Gasteiger charge is 2.13.